The molecule has 0 aromatic heterocycles. The Morgan fingerprint density at radius 3 is 2.50 bits per heavy atom. The second-order valence-corrected chi connectivity index (χ2v) is 6.16. The molecule has 1 amide bonds. The van der Waals surface area contributed by atoms with Crippen LogP contribution < -0.4 is 10.2 Å². The Morgan fingerprint density at radius 2 is 1.73 bits per heavy atom. The van der Waals surface area contributed by atoms with Crippen LogP contribution in [0.3, 0.4) is 0 Å². The van der Waals surface area contributed by atoms with E-state index in [1.807, 2.05) is 18.2 Å². The minimum atomic E-state index is 0.172. The van der Waals surface area contributed by atoms with Gasteiger partial charge >= 0.3 is 0 Å². The molecule has 3 heteroatoms. The van der Waals surface area contributed by atoms with Gasteiger partial charge < -0.3 is 10.2 Å². The van der Waals surface area contributed by atoms with Crippen LogP contribution in [0.5, 0.6) is 0 Å². The number of fused-ring (bicyclic) bond motifs is 1. The molecule has 0 spiro atoms. The van der Waals surface area contributed by atoms with Gasteiger partial charge in [-0.25, -0.2) is 0 Å². The first-order valence-corrected chi connectivity index (χ1v) is 8.08. The molecular weight excluding hydrogens is 272 g/mol. The molecule has 1 N–H and O–H groups in total. The first-order valence-electron chi connectivity index (χ1n) is 8.08. The van der Waals surface area contributed by atoms with Gasteiger partial charge in [-0.2, -0.15) is 0 Å². The highest BCUT2D eigenvalue weighted by Crippen LogP contribution is 2.38. The number of benzene rings is 2. The van der Waals surface area contributed by atoms with Gasteiger partial charge in [0.2, 0.25) is 5.91 Å². The average molecular weight is 292 g/mol. The number of para-hydroxylation sites is 3. The van der Waals surface area contributed by atoms with Gasteiger partial charge in [-0.15, -0.1) is 0 Å². The van der Waals surface area contributed by atoms with Gasteiger partial charge in [-0.3, -0.25) is 4.79 Å². The highest BCUT2D eigenvalue weighted by molar-refractivity contribution is 5.97. The van der Waals surface area contributed by atoms with Crippen LogP contribution in [0, 0.1) is 5.92 Å². The summed E-state index contributed by atoms with van der Waals surface area (Å²) < 4.78 is 0. The molecule has 112 valence electrons. The molecule has 3 nitrogen and oxygen atoms in total. The number of anilines is 3. The molecule has 1 aliphatic heterocycles. The van der Waals surface area contributed by atoms with Crippen LogP contribution in [0.2, 0.25) is 0 Å². The zero-order valence-corrected chi connectivity index (χ0v) is 12.6. The molecule has 2 aromatic rings. The van der Waals surface area contributed by atoms with Crippen LogP contribution in [0.25, 0.3) is 0 Å². The Labute approximate surface area is 131 Å². The van der Waals surface area contributed by atoms with Gasteiger partial charge in [0.25, 0.3) is 0 Å². The maximum absolute atomic E-state index is 12.3. The highest BCUT2D eigenvalue weighted by Gasteiger charge is 2.27. The predicted octanol–water partition coefficient (Wildman–Crippen LogP) is 4.12. The molecule has 0 saturated heterocycles. The average Bonchev–Trinajstić information content (AvgIpc) is 2.90. The smallest absolute Gasteiger partial charge is 0.227 e. The maximum Gasteiger partial charge on any atom is 0.227 e. The molecular formula is C19H20N2O. The Hall–Kier alpha value is -2.29. The lowest BCUT2D eigenvalue weighted by Crippen LogP contribution is -2.28. The van der Waals surface area contributed by atoms with Crippen molar-refractivity contribution in [1.82, 2.24) is 0 Å². The number of nitrogens with one attached hydrogen (secondary N) is 1. The van der Waals surface area contributed by atoms with Crippen molar-refractivity contribution in [3.63, 3.8) is 0 Å². The van der Waals surface area contributed by atoms with Crippen molar-refractivity contribution in [2.75, 3.05) is 16.8 Å². The van der Waals surface area contributed by atoms with Crippen molar-refractivity contribution in [2.45, 2.75) is 25.7 Å². The molecule has 0 unspecified atom stereocenters. The summed E-state index contributed by atoms with van der Waals surface area (Å²) >= 11 is 0. The van der Waals surface area contributed by atoms with E-state index in [2.05, 4.69) is 40.5 Å². The van der Waals surface area contributed by atoms with Crippen LogP contribution in [-0.2, 0) is 11.2 Å². The molecule has 22 heavy (non-hydrogen) atoms. The number of nitrogens with zero attached hydrogens (tertiary/aromatic N) is 1. The molecule has 1 aliphatic carbocycles. The third-order valence-corrected chi connectivity index (χ3v) is 4.82. The van der Waals surface area contributed by atoms with E-state index in [-0.39, 0.29) is 11.8 Å². The van der Waals surface area contributed by atoms with Crippen molar-refractivity contribution in [2.24, 2.45) is 5.92 Å². The zero-order chi connectivity index (χ0) is 14.9. The fourth-order valence-corrected chi connectivity index (χ4v) is 3.31. The lowest BCUT2D eigenvalue weighted by molar-refractivity contribution is -0.122. The maximum atomic E-state index is 12.3. The van der Waals surface area contributed by atoms with E-state index in [1.54, 1.807) is 0 Å². The SMILES string of the molecule is O=C(Nc1ccccc1N1CCc2ccccc21)C1CCC1. The minimum absolute atomic E-state index is 0.172. The van der Waals surface area contributed by atoms with E-state index >= 15 is 0 Å². The van der Waals surface area contributed by atoms with Crippen LogP contribution in [0.1, 0.15) is 24.8 Å². The predicted molar refractivity (Wildman–Crippen MR) is 89.6 cm³/mol. The monoisotopic (exact) mass is 292 g/mol. The normalized spacial score (nSPS) is 17.0. The summed E-state index contributed by atoms with van der Waals surface area (Å²) in [5.74, 6) is 0.380. The fourth-order valence-electron chi connectivity index (χ4n) is 3.31. The Kier molecular flexibility index (Phi) is 3.34. The van der Waals surface area contributed by atoms with E-state index in [0.29, 0.717) is 0 Å². The lowest BCUT2D eigenvalue weighted by Gasteiger charge is -2.27. The van der Waals surface area contributed by atoms with Gasteiger partial charge in [0, 0.05) is 18.2 Å². The summed E-state index contributed by atoms with van der Waals surface area (Å²) in [6.45, 7) is 0.968. The van der Waals surface area contributed by atoms with E-state index in [0.717, 1.165) is 37.2 Å². The number of hydrogen-bond donors (Lipinski definition) is 1. The first-order chi connectivity index (χ1) is 10.8. The molecule has 4 rings (SSSR count). The second-order valence-electron chi connectivity index (χ2n) is 6.16. The number of carbonyl (C=O) groups is 1. The van der Waals surface area contributed by atoms with E-state index in [9.17, 15) is 4.79 Å². The second kappa shape index (κ2) is 5.48. The number of hydrogen-bond acceptors (Lipinski definition) is 2. The number of amides is 1. The molecule has 2 aliphatic rings. The van der Waals surface area contributed by atoms with Crippen LogP contribution in [0.15, 0.2) is 48.5 Å². The fraction of sp³-hybridized carbons (Fsp3) is 0.316. The van der Waals surface area contributed by atoms with E-state index in [4.69, 9.17) is 0 Å². The van der Waals surface area contributed by atoms with Gasteiger partial charge in [0.05, 0.1) is 11.4 Å². The largest absolute Gasteiger partial charge is 0.339 e. The standard InChI is InChI=1S/C19H20N2O/c22-19(15-7-5-8-15)20-16-9-2-4-11-18(16)21-13-12-14-6-1-3-10-17(14)21/h1-4,6,9-11,15H,5,7-8,12-13H2,(H,20,22). The highest BCUT2D eigenvalue weighted by atomic mass is 16.1. The molecule has 2 aromatic carbocycles. The van der Waals surface area contributed by atoms with Crippen molar-refractivity contribution in [1.29, 1.82) is 0 Å². The van der Waals surface area contributed by atoms with Gasteiger partial charge in [0.1, 0.15) is 0 Å². The van der Waals surface area contributed by atoms with Crippen molar-refractivity contribution >= 4 is 23.0 Å². The quantitative estimate of drug-likeness (QED) is 0.923. The number of carbonyl (C=O) groups excluding carboxylic acids is 1. The van der Waals surface area contributed by atoms with E-state index in [1.165, 1.54) is 17.7 Å². The third-order valence-electron chi connectivity index (χ3n) is 4.82. The minimum Gasteiger partial charge on any atom is -0.339 e. The van der Waals surface area contributed by atoms with Crippen LogP contribution in [-0.4, -0.2) is 12.5 Å². The Balaban J connectivity index is 1.64. The molecule has 0 bridgehead atoms. The molecule has 1 fully saturated rings. The zero-order valence-electron chi connectivity index (χ0n) is 12.6. The first kappa shape index (κ1) is 13.4. The lowest BCUT2D eigenvalue weighted by atomic mass is 9.85. The summed E-state index contributed by atoms with van der Waals surface area (Å²) in [6.07, 6.45) is 4.29. The summed E-state index contributed by atoms with van der Waals surface area (Å²) in [5, 5.41) is 3.14. The van der Waals surface area contributed by atoms with Crippen molar-refractivity contribution < 1.29 is 4.79 Å². The van der Waals surface area contributed by atoms with Gasteiger partial charge in [-0.05, 0) is 43.0 Å². The van der Waals surface area contributed by atoms with Crippen molar-refractivity contribution in [3.05, 3.63) is 54.1 Å². The van der Waals surface area contributed by atoms with Crippen molar-refractivity contribution in [3.8, 4) is 0 Å². The third kappa shape index (κ3) is 2.27. The molecule has 0 atom stereocenters. The molecule has 0 radical (unpaired) electrons. The summed E-state index contributed by atoms with van der Waals surface area (Å²) in [5.41, 5.74) is 4.66. The summed E-state index contributed by atoms with van der Waals surface area (Å²) in [4.78, 5) is 14.6. The van der Waals surface area contributed by atoms with Crippen LogP contribution in [0.4, 0.5) is 17.1 Å². The molecule has 1 saturated carbocycles. The number of rotatable bonds is 3. The van der Waals surface area contributed by atoms with Gasteiger partial charge in [-0.1, -0.05) is 36.8 Å². The summed E-state index contributed by atoms with van der Waals surface area (Å²) in [6, 6.07) is 16.6. The Morgan fingerprint density at radius 1 is 1.00 bits per heavy atom. The van der Waals surface area contributed by atoms with Gasteiger partial charge in [0.15, 0.2) is 0 Å². The van der Waals surface area contributed by atoms with E-state index < -0.39 is 0 Å². The topological polar surface area (TPSA) is 32.3 Å². The van der Waals surface area contributed by atoms with Crippen LogP contribution >= 0.6 is 0 Å². The summed E-state index contributed by atoms with van der Waals surface area (Å²) in [7, 11) is 0. The molecule has 1 heterocycles. The Bertz CT molecular complexity index is 706.